The smallest absolute Gasteiger partial charge is 0.305 e. The fourth-order valence-corrected chi connectivity index (χ4v) is 3.88. The van der Waals surface area contributed by atoms with E-state index < -0.39 is 5.97 Å². The van der Waals surface area contributed by atoms with E-state index in [1.807, 2.05) is 18.2 Å². The van der Waals surface area contributed by atoms with Gasteiger partial charge >= 0.3 is 5.97 Å². The van der Waals surface area contributed by atoms with Crippen LogP contribution in [0.2, 0.25) is 0 Å². The molecular formula is C17H21NO3. The SMILES string of the molecule is O=CC1CN(C2(CC(=O)O)CCC2)CC1c1ccccc1. The van der Waals surface area contributed by atoms with E-state index in [1.165, 1.54) is 5.56 Å². The largest absolute Gasteiger partial charge is 0.481 e. The first-order chi connectivity index (χ1) is 10.1. The van der Waals surface area contributed by atoms with E-state index in [0.717, 1.165) is 32.1 Å². The molecule has 2 unspecified atom stereocenters. The van der Waals surface area contributed by atoms with Gasteiger partial charge in [0.15, 0.2) is 0 Å². The van der Waals surface area contributed by atoms with Gasteiger partial charge in [-0.1, -0.05) is 30.3 Å². The number of hydrogen-bond acceptors (Lipinski definition) is 3. The number of carbonyl (C=O) groups is 2. The lowest BCUT2D eigenvalue weighted by Crippen LogP contribution is -2.54. The highest BCUT2D eigenvalue weighted by atomic mass is 16.4. The number of benzene rings is 1. The topological polar surface area (TPSA) is 57.6 Å². The molecule has 1 N–H and O–H groups in total. The molecule has 1 saturated carbocycles. The molecule has 0 amide bonds. The number of carboxylic acid groups (broad SMARTS) is 1. The number of carbonyl (C=O) groups excluding carboxylic acids is 1. The quantitative estimate of drug-likeness (QED) is 0.844. The molecule has 2 fully saturated rings. The molecule has 4 nitrogen and oxygen atoms in total. The molecule has 2 aliphatic rings. The minimum atomic E-state index is -0.736. The summed E-state index contributed by atoms with van der Waals surface area (Å²) in [7, 11) is 0. The van der Waals surface area contributed by atoms with Gasteiger partial charge in [-0.3, -0.25) is 9.69 Å². The Labute approximate surface area is 124 Å². The Kier molecular flexibility index (Phi) is 3.81. The van der Waals surface area contributed by atoms with Gasteiger partial charge in [0, 0.05) is 30.5 Å². The van der Waals surface area contributed by atoms with Gasteiger partial charge in [0.25, 0.3) is 0 Å². The predicted molar refractivity (Wildman–Crippen MR) is 79.1 cm³/mol. The van der Waals surface area contributed by atoms with Crippen LogP contribution in [-0.4, -0.2) is 40.9 Å². The first-order valence-corrected chi connectivity index (χ1v) is 7.62. The molecule has 21 heavy (non-hydrogen) atoms. The Morgan fingerprint density at radius 3 is 2.52 bits per heavy atom. The van der Waals surface area contributed by atoms with E-state index in [1.54, 1.807) is 0 Å². The zero-order valence-corrected chi connectivity index (χ0v) is 12.1. The Morgan fingerprint density at radius 2 is 2.00 bits per heavy atom. The average molecular weight is 287 g/mol. The summed E-state index contributed by atoms with van der Waals surface area (Å²) in [5.74, 6) is -0.575. The molecule has 112 valence electrons. The van der Waals surface area contributed by atoms with Crippen molar-refractivity contribution in [2.45, 2.75) is 37.1 Å². The molecule has 0 spiro atoms. The molecule has 1 saturated heterocycles. The van der Waals surface area contributed by atoms with E-state index in [9.17, 15) is 14.7 Å². The monoisotopic (exact) mass is 287 g/mol. The molecule has 1 aliphatic heterocycles. The number of aliphatic carboxylic acids is 1. The van der Waals surface area contributed by atoms with Crippen LogP contribution in [-0.2, 0) is 9.59 Å². The summed E-state index contributed by atoms with van der Waals surface area (Å²) in [6.07, 6.45) is 4.20. The highest BCUT2D eigenvalue weighted by Gasteiger charge is 2.49. The van der Waals surface area contributed by atoms with Crippen molar-refractivity contribution >= 4 is 12.3 Å². The second kappa shape index (κ2) is 5.60. The van der Waals surface area contributed by atoms with Crippen LogP contribution in [0.4, 0.5) is 0 Å². The molecule has 1 heterocycles. The van der Waals surface area contributed by atoms with Gasteiger partial charge in [0.05, 0.1) is 6.42 Å². The van der Waals surface area contributed by atoms with Crippen LogP contribution >= 0.6 is 0 Å². The van der Waals surface area contributed by atoms with Gasteiger partial charge in [-0.05, 0) is 24.8 Å². The molecule has 0 bridgehead atoms. The number of aldehydes is 1. The molecule has 3 rings (SSSR count). The third-order valence-electron chi connectivity index (χ3n) is 5.20. The van der Waals surface area contributed by atoms with Crippen molar-refractivity contribution in [2.75, 3.05) is 13.1 Å². The maximum atomic E-state index is 11.4. The summed E-state index contributed by atoms with van der Waals surface area (Å²) in [5.41, 5.74) is 0.971. The molecule has 2 atom stereocenters. The van der Waals surface area contributed by atoms with Gasteiger partial charge in [0.1, 0.15) is 6.29 Å². The highest BCUT2D eigenvalue weighted by molar-refractivity contribution is 5.68. The molecular weight excluding hydrogens is 266 g/mol. The normalized spacial score (nSPS) is 28.0. The predicted octanol–water partition coefficient (Wildman–Crippen LogP) is 2.30. The van der Waals surface area contributed by atoms with Crippen molar-refractivity contribution in [3.8, 4) is 0 Å². The number of rotatable bonds is 5. The van der Waals surface area contributed by atoms with Crippen LogP contribution in [0, 0.1) is 5.92 Å². The van der Waals surface area contributed by atoms with Crippen molar-refractivity contribution in [2.24, 2.45) is 5.92 Å². The Hall–Kier alpha value is -1.68. The lowest BCUT2D eigenvalue weighted by Gasteiger charge is -2.48. The third-order valence-corrected chi connectivity index (χ3v) is 5.20. The maximum Gasteiger partial charge on any atom is 0.305 e. The summed E-state index contributed by atoms with van der Waals surface area (Å²) in [4.78, 5) is 24.9. The Balaban J connectivity index is 1.80. The van der Waals surface area contributed by atoms with E-state index >= 15 is 0 Å². The van der Waals surface area contributed by atoms with E-state index in [0.29, 0.717) is 6.54 Å². The first kappa shape index (κ1) is 14.3. The summed E-state index contributed by atoms with van der Waals surface area (Å²) in [6, 6.07) is 10.1. The van der Waals surface area contributed by atoms with E-state index in [-0.39, 0.29) is 23.8 Å². The van der Waals surface area contributed by atoms with Crippen molar-refractivity contribution in [3.63, 3.8) is 0 Å². The fourth-order valence-electron chi connectivity index (χ4n) is 3.88. The van der Waals surface area contributed by atoms with Crippen LogP contribution in [0.3, 0.4) is 0 Å². The standard InChI is InChI=1S/C17H21NO3/c19-12-14-10-18(17(7-4-8-17)9-16(20)21)11-15(14)13-5-2-1-3-6-13/h1-3,5-6,12,14-15H,4,7-11H2,(H,20,21). The lowest BCUT2D eigenvalue weighted by molar-refractivity contribution is -0.142. The van der Waals surface area contributed by atoms with Crippen LogP contribution < -0.4 is 0 Å². The van der Waals surface area contributed by atoms with Crippen LogP contribution in [0.15, 0.2) is 30.3 Å². The van der Waals surface area contributed by atoms with Crippen LogP contribution in [0.1, 0.15) is 37.2 Å². The second-order valence-electron chi connectivity index (χ2n) is 6.37. The van der Waals surface area contributed by atoms with Gasteiger partial charge < -0.3 is 9.90 Å². The number of carboxylic acids is 1. The maximum absolute atomic E-state index is 11.4. The molecule has 0 aromatic heterocycles. The van der Waals surface area contributed by atoms with Crippen molar-refractivity contribution in [3.05, 3.63) is 35.9 Å². The van der Waals surface area contributed by atoms with Gasteiger partial charge in [-0.25, -0.2) is 0 Å². The fraction of sp³-hybridized carbons (Fsp3) is 0.529. The minimum Gasteiger partial charge on any atom is -0.481 e. The molecule has 1 aliphatic carbocycles. The Morgan fingerprint density at radius 1 is 1.29 bits per heavy atom. The number of nitrogens with zero attached hydrogens (tertiary/aromatic N) is 1. The van der Waals surface area contributed by atoms with Crippen molar-refractivity contribution in [1.29, 1.82) is 0 Å². The lowest BCUT2D eigenvalue weighted by atomic mass is 9.73. The molecule has 4 heteroatoms. The van der Waals surface area contributed by atoms with Crippen LogP contribution in [0.25, 0.3) is 0 Å². The van der Waals surface area contributed by atoms with Gasteiger partial charge in [-0.2, -0.15) is 0 Å². The summed E-state index contributed by atoms with van der Waals surface area (Å²) in [5, 5.41) is 9.18. The molecule has 1 aromatic rings. The number of hydrogen-bond donors (Lipinski definition) is 1. The molecule has 1 aromatic carbocycles. The van der Waals surface area contributed by atoms with Gasteiger partial charge in [-0.15, -0.1) is 0 Å². The van der Waals surface area contributed by atoms with Crippen molar-refractivity contribution in [1.82, 2.24) is 4.90 Å². The average Bonchev–Trinajstić information content (AvgIpc) is 2.88. The first-order valence-electron chi connectivity index (χ1n) is 7.62. The number of likely N-dealkylation sites (tertiary alicyclic amines) is 1. The van der Waals surface area contributed by atoms with Crippen molar-refractivity contribution < 1.29 is 14.7 Å². The third kappa shape index (κ3) is 2.60. The molecule has 0 radical (unpaired) electrons. The second-order valence-corrected chi connectivity index (χ2v) is 6.37. The van der Waals surface area contributed by atoms with Crippen LogP contribution in [0.5, 0.6) is 0 Å². The summed E-state index contributed by atoms with van der Waals surface area (Å²) < 4.78 is 0. The highest BCUT2D eigenvalue weighted by Crippen LogP contribution is 2.45. The Bertz CT molecular complexity index is 524. The van der Waals surface area contributed by atoms with E-state index in [4.69, 9.17) is 0 Å². The van der Waals surface area contributed by atoms with Gasteiger partial charge in [0.2, 0.25) is 0 Å². The van der Waals surface area contributed by atoms with E-state index in [2.05, 4.69) is 17.0 Å². The summed E-state index contributed by atoms with van der Waals surface area (Å²) in [6.45, 7) is 1.48. The zero-order valence-electron chi connectivity index (χ0n) is 12.1. The minimum absolute atomic E-state index is 0.0290. The zero-order chi connectivity index (χ0) is 14.9. The summed E-state index contributed by atoms with van der Waals surface area (Å²) >= 11 is 0.